The number of aryl methyl sites for hydroxylation is 2. The van der Waals surface area contributed by atoms with Crippen LogP contribution in [-0.4, -0.2) is 15.4 Å². The highest BCUT2D eigenvalue weighted by Gasteiger charge is 2.24. The molecule has 25 heavy (non-hydrogen) atoms. The summed E-state index contributed by atoms with van der Waals surface area (Å²) < 4.78 is 17.7. The Bertz CT molecular complexity index is 904. The largest absolute Gasteiger partial charge is 0.367 e. The van der Waals surface area contributed by atoms with Gasteiger partial charge in [-0.25, -0.2) is 9.37 Å². The van der Waals surface area contributed by atoms with Gasteiger partial charge in [0.15, 0.2) is 4.96 Å². The minimum absolute atomic E-state index is 0.210. The Kier molecular flexibility index (Phi) is 4.75. The van der Waals surface area contributed by atoms with Crippen molar-refractivity contribution in [2.24, 2.45) is 0 Å². The molecule has 0 radical (unpaired) electrons. The lowest BCUT2D eigenvalue weighted by atomic mass is 9.95. The third kappa shape index (κ3) is 3.07. The van der Waals surface area contributed by atoms with Gasteiger partial charge in [0.2, 0.25) is 0 Å². The van der Waals surface area contributed by atoms with E-state index in [1.165, 1.54) is 48.7 Å². The van der Waals surface area contributed by atoms with Crippen molar-refractivity contribution in [1.29, 1.82) is 0 Å². The van der Waals surface area contributed by atoms with Gasteiger partial charge in [-0.05, 0) is 61.4 Å². The molecule has 2 heterocycles. The lowest BCUT2D eigenvalue weighted by Gasteiger charge is -2.24. The fourth-order valence-electron chi connectivity index (χ4n) is 3.62. The van der Waals surface area contributed by atoms with Gasteiger partial charge in [-0.3, -0.25) is 4.40 Å². The van der Waals surface area contributed by atoms with Crippen LogP contribution in [0.5, 0.6) is 0 Å². The van der Waals surface area contributed by atoms with Gasteiger partial charge in [0, 0.05) is 20.2 Å². The average Bonchev–Trinajstić information content (AvgIpc) is 3.06. The van der Waals surface area contributed by atoms with Gasteiger partial charge < -0.3 is 5.32 Å². The Morgan fingerprint density at radius 3 is 2.72 bits per heavy atom. The van der Waals surface area contributed by atoms with Gasteiger partial charge in [0.05, 0.1) is 5.56 Å². The zero-order valence-corrected chi connectivity index (χ0v) is 17.4. The van der Waals surface area contributed by atoms with Crippen molar-refractivity contribution in [1.82, 2.24) is 9.38 Å². The van der Waals surface area contributed by atoms with Crippen LogP contribution >= 0.6 is 33.9 Å². The first-order chi connectivity index (χ1) is 12.1. The summed E-state index contributed by atoms with van der Waals surface area (Å²) in [6.07, 6.45) is 6.17. The summed E-state index contributed by atoms with van der Waals surface area (Å²) in [5, 5.41) is 3.72. The van der Waals surface area contributed by atoms with Crippen molar-refractivity contribution in [2.45, 2.75) is 52.0 Å². The highest BCUT2D eigenvalue weighted by Crippen LogP contribution is 2.38. The molecular formula is C19H21FIN3S. The molecule has 1 aliphatic carbocycles. The van der Waals surface area contributed by atoms with Crippen LogP contribution in [0.2, 0.25) is 0 Å². The number of rotatable bonds is 3. The van der Waals surface area contributed by atoms with E-state index in [1.807, 2.05) is 6.07 Å². The van der Waals surface area contributed by atoms with Gasteiger partial charge in [0.1, 0.15) is 17.3 Å². The van der Waals surface area contributed by atoms with E-state index in [1.54, 1.807) is 17.4 Å². The molecule has 1 aliphatic rings. The zero-order valence-electron chi connectivity index (χ0n) is 14.4. The number of halogens is 2. The van der Waals surface area contributed by atoms with Crippen LogP contribution in [0.4, 0.5) is 10.2 Å². The smallest absolute Gasteiger partial charge is 0.196 e. The van der Waals surface area contributed by atoms with E-state index in [-0.39, 0.29) is 5.82 Å². The third-order valence-corrected chi connectivity index (χ3v) is 7.04. The Balaban J connectivity index is 1.90. The zero-order chi connectivity index (χ0) is 17.6. The van der Waals surface area contributed by atoms with Gasteiger partial charge >= 0.3 is 0 Å². The van der Waals surface area contributed by atoms with E-state index < -0.39 is 0 Å². The lowest BCUT2D eigenvalue weighted by Crippen LogP contribution is -2.23. The second-order valence-electron chi connectivity index (χ2n) is 6.75. The molecule has 1 fully saturated rings. The van der Waals surface area contributed by atoms with E-state index in [0.29, 0.717) is 11.6 Å². The van der Waals surface area contributed by atoms with Crippen LogP contribution in [0.1, 0.15) is 42.7 Å². The number of hydrogen-bond donors (Lipinski definition) is 1. The summed E-state index contributed by atoms with van der Waals surface area (Å²) >= 11 is 3.87. The summed E-state index contributed by atoms with van der Waals surface area (Å²) in [6, 6.07) is 5.65. The van der Waals surface area contributed by atoms with Crippen LogP contribution < -0.4 is 5.32 Å². The molecular weight excluding hydrogens is 448 g/mol. The molecule has 3 aromatic rings. The van der Waals surface area contributed by atoms with E-state index in [0.717, 1.165) is 20.0 Å². The molecule has 0 spiro atoms. The third-order valence-electron chi connectivity index (χ3n) is 5.08. The molecule has 1 N–H and O–H groups in total. The second kappa shape index (κ2) is 6.87. The number of hydrogen-bond acceptors (Lipinski definition) is 3. The monoisotopic (exact) mass is 469 g/mol. The maximum atomic E-state index is 14.6. The van der Waals surface area contributed by atoms with Crippen LogP contribution in [0.3, 0.4) is 0 Å². The molecule has 0 amide bonds. The summed E-state index contributed by atoms with van der Waals surface area (Å²) in [5.74, 6) is 0.741. The second-order valence-corrected chi connectivity index (χ2v) is 9.09. The summed E-state index contributed by atoms with van der Waals surface area (Å²) in [7, 11) is 0. The summed E-state index contributed by atoms with van der Waals surface area (Å²) in [4.78, 5) is 7.01. The Labute approximate surface area is 164 Å². The molecule has 0 saturated heterocycles. The van der Waals surface area contributed by atoms with Gasteiger partial charge in [-0.1, -0.05) is 25.3 Å². The molecule has 2 aromatic heterocycles. The SMILES string of the molecule is Cc1sc2nc(-c3c(F)cccc3I)c(NC3CCCCC3)n2c1C. The Hall–Kier alpha value is -1.15. The number of thiazole rings is 1. The Morgan fingerprint density at radius 2 is 2.00 bits per heavy atom. The molecule has 6 heteroatoms. The number of anilines is 1. The van der Waals surface area contributed by atoms with Crippen LogP contribution in [0, 0.1) is 23.2 Å². The number of imidazole rings is 1. The maximum Gasteiger partial charge on any atom is 0.196 e. The van der Waals surface area contributed by atoms with E-state index in [9.17, 15) is 4.39 Å². The molecule has 0 aliphatic heterocycles. The molecule has 0 bridgehead atoms. The summed E-state index contributed by atoms with van der Waals surface area (Å²) in [5.41, 5.74) is 2.53. The number of benzene rings is 1. The first kappa shape index (κ1) is 17.3. The fourth-order valence-corrected chi connectivity index (χ4v) is 5.31. The molecule has 132 valence electrons. The van der Waals surface area contributed by atoms with Crippen molar-refractivity contribution in [3.05, 3.63) is 38.2 Å². The topological polar surface area (TPSA) is 29.3 Å². The molecule has 0 unspecified atom stereocenters. The quantitative estimate of drug-likeness (QED) is 0.465. The van der Waals surface area contributed by atoms with E-state index in [2.05, 4.69) is 46.2 Å². The van der Waals surface area contributed by atoms with Crippen molar-refractivity contribution in [3.63, 3.8) is 0 Å². The molecule has 4 rings (SSSR count). The predicted octanol–water partition coefficient (Wildman–Crippen LogP) is 6.17. The number of fused-ring (bicyclic) bond motifs is 1. The predicted molar refractivity (Wildman–Crippen MR) is 111 cm³/mol. The lowest BCUT2D eigenvalue weighted by molar-refractivity contribution is 0.461. The highest BCUT2D eigenvalue weighted by atomic mass is 127. The van der Waals surface area contributed by atoms with E-state index in [4.69, 9.17) is 4.98 Å². The van der Waals surface area contributed by atoms with Gasteiger partial charge in [0.25, 0.3) is 0 Å². The average molecular weight is 469 g/mol. The van der Waals surface area contributed by atoms with Crippen molar-refractivity contribution < 1.29 is 4.39 Å². The standard InChI is InChI=1S/C19H21FIN3S/c1-11-12(2)25-19-23-17(16-14(20)9-6-10-15(16)21)18(24(11)19)22-13-7-4-3-5-8-13/h6,9-10,13,22H,3-5,7-8H2,1-2H3. The maximum absolute atomic E-state index is 14.6. The van der Waals surface area contributed by atoms with Crippen LogP contribution in [0.15, 0.2) is 18.2 Å². The van der Waals surface area contributed by atoms with Crippen molar-refractivity contribution >= 4 is 44.7 Å². The number of nitrogens with zero attached hydrogens (tertiary/aromatic N) is 2. The molecule has 1 saturated carbocycles. The first-order valence-corrected chi connectivity index (χ1v) is 10.6. The minimum Gasteiger partial charge on any atom is -0.367 e. The van der Waals surface area contributed by atoms with E-state index >= 15 is 0 Å². The van der Waals surface area contributed by atoms with Gasteiger partial charge in [-0.2, -0.15) is 0 Å². The number of aromatic nitrogens is 2. The highest BCUT2D eigenvalue weighted by molar-refractivity contribution is 14.1. The molecule has 1 aromatic carbocycles. The molecule has 0 atom stereocenters. The Morgan fingerprint density at radius 1 is 1.24 bits per heavy atom. The fraction of sp³-hybridized carbons (Fsp3) is 0.421. The van der Waals surface area contributed by atoms with Gasteiger partial charge in [-0.15, -0.1) is 11.3 Å². The van der Waals surface area contributed by atoms with Crippen LogP contribution in [-0.2, 0) is 0 Å². The molecule has 3 nitrogen and oxygen atoms in total. The minimum atomic E-state index is -0.210. The van der Waals surface area contributed by atoms with Crippen LogP contribution in [0.25, 0.3) is 16.2 Å². The summed E-state index contributed by atoms with van der Waals surface area (Å²) in [6.45, 7) is 4.23. The number of nitrogens with one attached hydrogen (secondary N) is 1. The first-order valence-electron chi connectivity index (χ1n) is 8.75. The van der Waals surface area contributed by atoms with Crippen molar-refractivity contribution in [2.75, 3.05) is 5.32 Å². The van der Waals surface area contributed by atoms with Crippen molar-refractivity contribution in [3.8, 4) is 11.3 Å². The normalized spacial score (nSPS) is 15.8.